The van der Waals surface area contributed by atoms with Gasteiger partial charge in [-0.1, -0.05) is 42.5 Å². The van der Waals surface area contributed by atoms with Crippen LogP contribution in [0.1, 0.15) is 16.7 Å². The predicted octanol–water partition coefficient (Wildman–Crippen LogP) is 0.0782. The van der Waals surface area contributed by atoms with Gasteiger partial charge in [0.25, 0.3) is 0 Å². The Labute approximate surface area is 168 Å². The first-order valence-electron chi connectivity index (χ1n) is 9.04. The molecule has 134 valence electrons. The number of benzene rings is 2. The molecule has 0 saturated carbocycles. The minimum absolute atomic E-state index is 0. The fourth-order valence-electron chi connectivity index (χ4n) is 3.92. The van der Waals surface area contributed by atoms with E-state index in [9.17, 15) is 0 Å². The van der Waals surface area contributed by atoms with Gasteiger partial charge in [0, 0.05) is 12.2 Å². The van der Waals surface area contributed by atoms with E-state index < -0.39 is 0 Å². The highest BCUT2D eigenvalue weighted by atomic mass is 127. The Balaban J connectivity index is 0.00000182. The van der Waals surface area contributed by atoms with Crippen LogP contribution in [0.15, 0.2) is 48.5 Å². The first kappa shape index (κ1) is 18.7. The van der Waals surface area contributed by atoms with Gasteiger partial charge in [-0.15, -0.1) is 0 Å². The highest BCUT2D eigenvalue weighted by Gasteiger charge is 2.27. The molecule has 0 aromatic heterocycles. The van der Waals surface area contributed by atoms with Gasteiger partial charge >= 0.3 is 0 Å². The van der Waals surface area contributed by atoms with Crippen molar-refractivity contribution in [1.82, 2.24) is 0 Å². The number of morpholine rings is 1. The summed E-state index contributed by atoms with van der Waals surface area (Å²) in [5, 5.41) is 0. The van der Waals surface area contributed by atoms with Gasteiger partial charge in [-0.05, 0) is 29.2 Å². The Kier molecular flexibility index (Phi) is 6.02. The Bertz CT molecular complexity index is 713. The van der Waals surface area contributed by atoms with Gasteiger partial charge in [0.1, 0.15) is 13.1 Å². The molecule has 4 rings (SSSR count). The topological polar surface area (TPSA) is 12.5 Å². The van der Waals surface area contributed by atoms with Gasteiger partial charge in [-0.3, -0.25) is 0 Å². The number of para-hydroxylation sites is 1. The molecule has 0 amide bonds. The highest BCUT2D eigenvalue weighted by Crippen LogP contribution is 2.30. The van der Waals surface area contributed by atoms with E-state index in [0.29, 0.717) is 0 Å². The fourth-order valence-corrected chi connectivity index (χ4v) is 3.92. The zero-order chi connectivity index (χ0) is 16.4. The summed E-state index contributed by atoms with van der Waals surface area (Å²) >= 11 is 0. The lowest BCUT2D eigenvalue weighted by Crippen LogP contribution is -3.00. The van der Waals surface area contributed by atoms with Gasteiger partial charge in [0.2, 0.25) is 0 Å². The summed E-state index contributed by atoms with van der Waals surface area (Å²) in [5.74, 6) is 0. The van der Waals surface area contributed by atoms with E-state index in [1.807, 2.05) is 0 Å². The average molecular weight is 450 g/mol. The molecule has 0 bridgehead atoms. The van der Waals surface area contributed by atoms with E-state index >= 15 is 0 Å². The van der Waals surface area contributed by atoms with E-state index in [2.05, 4.69) is 60.5 Å². The smallest absolute Gasteiger partial charge is 0.102 e. The molecule has 0 aliphatic carbocycles. The summed E-state index contributed by atoms with van der Waals surface area (Å²) in [6.45, 7) is 7.36. The molecule has 2 aliphatic rings. The van der Waals surface area contributed by atoms with Gasteiger partial charge < -0.3 is 38.1 Å². The summed E-state index contributed by atoms with van der Waals surface area (Å²) in [5.41, 5.74) is 5.80. The molecule has 2 heterocycles. The largest absolute Gasteiger partial charge is 1.00 e. The van der Waals surface area contributed by atoms with Crippen molar-refractivity contribution >= 4 is 5.69 Å². The maximum Gasteiger partial charge on any atom is 0.102 e. The number of likely N-dealkylation sites (N-methyl/N-ethyl adjacent to an activating group) is 1. The third kappa shape index (κ3) is 4.18. The number of fused-ring (bicyclic) bond motifs is 2. The van der Waals surface area contributed by atoms with Gasteiger partial charge in [0.05, 0.1) is 33.4 Å². The van der Waals surface area contributed by atoms with Gasteiger partial charge in [-0.25, -0.2) is 0 Å². The zero-order valence-corrected chi connectivity index (χ0v) is 17.1. The summed E-state index contributed by atoms with van der Waals surface area (Å²) in [4.78, 5) is 2.58. The lowest BCUT2D eigenvalue weighted by molar-refractivity contribution is -0.915. The first-order chi connectivity index (χ1) is 11.7. The molecule has 1 fully saturated rings. The van der Waals surface area contributed by atoms with Crippen LogP contribution in [0.25, 0.3) is 0 Å². The molecule has 1 saturated heterocycles. The third-order valence-electron chi connectivity index (χ3n) is 5.65. The van der Waals surface area contributed by atoms with Crippen molar-refractivity contribution in [3.63, 3.8) is 0 Å². The molecule has 0 atom stereocenters. The van der Waals surface area contributed by atoms with Crippen molar-refractivity contribution < 1.29 is 33.2 Å². The Morgan fingerprint density at radius 3 is 2.32 bits per heavy atom. The van der Waals surface area contributed by atoms with Crippen molar-refractivity contribution in [1.29, 1.82) is 0 Å². The molecule has 0 unspecified atom stereocenters. The summed E-state index contributed by atoms with van der Waals surface area (Å²) in [6.07, 6.45) is 1.04. The van der Waals surface area contributed by atoms with E-state index in [4.69, 9.17) is 4.74 Å². The quantitative estimate of drug-likeness (QED) is 0.485. The second kappa shape index (κ2) is 8.06. The SMILES string of the molecule is C[N+]1(CCN2Cc3ccccc3Cc3ccccc32)CCOCC1.[I-]. The van der Waals surface area contributed by atoms with Crippen LogP contribution in [0.5, 0.6) is 0 Å². The van der Waals surface area contributed by atoms with Gasteiger partial charge in [-0.2, -0.15) is 0 Å². The van der Waals surface area contributed by atoms with Crippen LogP contribution in [-0.2, 0) is 17.7 Å². The van der Waals surface area contributed by atoms with Crippen molar-refractivity contribution in [2.45, 2.75) is 13.0 Å². The summed E-state index contributed by atoms with van der Waals surface area (Å²) in [7, 11) is 2.38. The Morgan fingerprint density at radius 1 is 0.920 bits per heavy atom. The third-order valence-corrected chi connectivity index (χ3v) is 5.65. The molecule has 2 aliphatic heterocycles. The minimum Gasteiger partial charge on any atom is -1.00 e. The van der Waals surface area contributed by atoms with Crippen LogP contribution >= 0.6 is 0 Å². The second-order valence-corrected chi connectivity index (χ2v) is 7.40. The Hall–Kier alpha value is -1.11. The maximum absolute atomic E-state index is 5.55. The summed E-state index contributed by atoms with van der Waals surface area (Å²) < 4.78 is 6.68. The number of anilines is 1. The highest BCUT2D eigenvalue weighted by molar-refractivity contribution is 5.58. The lowest BCUT2D eigenvalue weighted by Gasteiger charge is -2.39. The monoisotopic (exact) mass is 450 g/mol. The Morgan fingerprint density at radius 2 is 1.56 bits per heavy atom. The number of quaternary nitrogens is 1. The number of hydrogen-bond donors (Lipinski definition) is 0. The standard InChI is InChI=1S/C21H27N2O.HI/c1-23(12-14-24-15-13-23)11-10-22-17-20-8-3-2-6-18(20)16-19-7-4-5-9-21(19)22;/h2-9H,10-17H2,1H3;1H/q+1;/p-1. The number of hydrogen-bond acceptors (Lipinski definition) is 2. The lowest BCUT2D eigenvalue weighted by atomic mass is 10.0. The van der Waals surface area contributed by atoms with Gasteiger partial charge in [0.15, 0.2) is 0 Å². The summed E-state index contributed by atoms with van der Waals surface area (Å²) in [6, 6.07) is 17.8. The number of rotatable bonds is 3. The normalized spacial score (nSPS) is 18.5. The van der Waals surface area contributed by atoms with E-state index in [-0.39, 0.29) is 24.0 Å². The number of ether oxygens (including phenoxy) is 1. The molecule has 2 aromatic carbocycles. The average Bonchev–Trinajstić information content (AvgIpc) is 2.77. The molecule has 3 nitrogen and oxygen atoms in total. The van der Waals surface area contributed by atoms with Crippen molar-refractivity contribution in [3.05, 3.63) is 65.2 Å². The fraction of sp³-hybridized carbons (Fsp3) is 0.429. The van der Waals surface area contributed by atoms with E-state index in [0.717, 1.165) is 50.3 Å². The molecule has 4 heteroatoms. The molecule has 25 heavy (non-hydrogen) atoms. The molecular formula is C21H27IN2O. The first-order valence-corrected chi connectivity index (χ1v) is 9.04. The van der Waals surface area contributed by atoms with Crippen LogP contribution in [-0.4, -0.2) is 50.9 Å². The van der Waals surface area contributed by atoms with Crippen molar-refractivity contribution in [2.24, 2.45) is 0 Å². The van der Waals surface area contributed by atoms with Crippen LogP contribution in [0.2, 0.25) is 0 Å². The molecular weight excluding hydrogens is 423 g/mol. The predicted molar refractivity (Wildman–Crippen MR) is 98.3 cm³/mol. The minimum atomic E-state index is 0. The van der Waals surface area contributed by atoms with Crippen molar-refractivity contribution in [2.75, 3.05) is 51.3 Å². The zero-order valence-electron chi connectivity index (χ0n) is 15.0. The van der Waals surface area contributed by atoms with Crippen LogP contribution in [0.4, 0.5) is 5.69 Å². The van der Waals surface area contributed by atoms with Crippen LogP contribution in [0.3, 0.4) is 0 Å². The van der Waals surface area contributed by atoms with Crippen LogP contribution < -0.4 is 28.9 Å². The maximum atomic E-state index is 5.55. The molecule has 0 radical (unpaired) electrons. The van der Waals surface area contributed by atoms with E-state index in [1.165, 1.54) is 28.9 Å². The molecule has 0 N–H and O–H groups in total. The molecule has 2 aromatic rings. The molecule has 0 spiro atoms. The van der Waals surface area contributed by atoms with Crippen LogP contribution in [0, 0.1) is 0 Å². The number of nitrogens with zero attached hydrogens (tertiary/aromatic N) is 2. The number of halogens is 1. The van der Waals surface area contributed by atoms with Crippen molar-refractivity contribution in [3.8, 4) is 0 Å². The second-order valence-electron chi connectivity index (χ2n) is 7.40. The van der Waals surface area contributed by atoms with E-state index in [1.54, 1.807) is 0 Å².